The van der Waals surface area contributed by atoms with Gasteiger partial charge in [-0.15, -0.1) is 0 Å². The summed E-state index contributed by atoms with van der Waals surface area (Å²) in [6.45, 7) is 5.73. The molecule has 0 saturated carbocycles. The highest BCUT2D eigenvalue weighted by molar-refractivity contribution is 5.91. The maximum Gasteiger partial charge on any atom is 0.289 e. The van der Waals surface area contributed by atoms with Crippen molar-refractivity contribution in [3.63, 3.8) is 0 Å². The fraction of sp³-hybridized carbons (Fsp3) is 0.391. The number of benzene rings is 1. The van der Waals surface area contributed by atoms with Crippen LogP contribution in [0, 0.1) is 13.8 Å². The number of hydrogen-bond acceptors (Lipinski definition) is 7. The lowest BCUT2D eigenvalue weighted by molar-refractivity contribution is 0.0903. The van der Waals surface area contributed by atoms with Gasteiger partial charge in [-0.1, -0.05) is 29.8 Å². The van der Waals surface area contributed by atoms with Crippen molar-refractivity contribution in [2.45, 2.75) is 38.8 Å². The number of anilines is 1. The van der Waals surface area contributed by atoms with Crippen LogP contribution in [-0.4, -0.2) is 51.9 Å². The van der Waals surface area contributed by atoms with Gasteiger partial charge in [-0.25, -0.2) is 9.97 Å². The van der Waals surface area contributed by atoms with E-state index >= 15 is 0 Å². The molecule has 1 aromatic carbocycles. The Morgan fingerprint density at radius 3 is 2.84 bits per heavy atom. The molecule has 1 fully saturated rings. The third kappa shape index (κ3) is 5.12. The maximum absolute atomic E-state index is 12.8. The minimum atomic E-state index is -0.354. The lowest BCUT2D eigenvalue weighted by atomic mass is 10.0. The maximum atomic E-state index is 12.8. The summed E-state index contributed by atoms with van der Waals surface area (Å²) in [5, 5.41) is 13.4. The largest absolute Gasteiger partial charge is 0.381 e. The first-order chi connectivity index (χ1) is 15.5. The van der Waals surface area contributed by atoms with Crippen molar-refractivity contribution < 1.29 is 9.53 Å². The molecule has 4 rings (SSSR count). The smallest absolute Gasteiger partial charge is 0.289 e. The zero-order valence-corrected chi connectivity index (χ0v) is 18.4. The SMILES string of the molecule is Cc1cccc(C(CN)NC(=O)c2nc(-c3cc(NC4CCOCC4)ncc3C)n[nH]2)c1. The quantitative estimate of drug-likeness (QED) is 0.448. The van der Waals surface area contributed by atoms with E-state index in [0.717, 1.165) is 54.1 Å². The Balaban J connectivity index is 1.49. The fourth-order valence-corrected chi connectivity index (χ4v) is 3.77. The number of carbonyl (C=O) groups is 1. The van der Waals surface area contributed by atoms with E-state index < -0.39 is 0 Å². The number of aromatic nitrogens is 4. The number of carbonyl (C=O) groups excluding carboxylic acids is 1. The number of nitrogens with two attached hydrogens (primary N) is 1. The molecule has 1 saturated heterocycles. The molecule has 1 unspecified atom stereocenters. The number of amides is 1. The third-order valence-electron chi connectivity index (χ3n) is 5.60. The fourth-order valence-electron chi connectivity index (χ4n) is 3.77. The molecule has 3 heterocycles. The topological polar surface area (TPSA) is 131 Å². The normalized spacial score (nSPS) is 15.3. The van der Waals surface area contributed by atoms with Crippen molar-refractivity contribution in [2.75, 3.05) is 25.1 Å². The molecule has 2 aromatic heterocycles. The first kappa shape index (κ1) is 21.9. The van der Waals surface area contributed by atoms with E-state index in [9.17, 15) is 4.79 Å². The number of rotatable bonds is 7. The standard InChI is InChI=1S/C23H29N7O2/c1-14-4-3-5-16(10-14)19(12-24)27-23(31)22-28-21(29-30-22)18-11-20(25-13-15(18)2)26-17-6-8-32-9-7-17/h3-5,10-11,13,17,19H,6-9,12,24H2,1-2H3,(H,25,26)(H,27,31)(H,28,29,30). The molecular formula is C23H29N7O2. The van der Waals surface area contributed by atoms with Crippen LogP contribution < -0.4 is 16.4 Å². The van der Waals surface area contributed by atoms with E-state index in [0.29, 0.717) is 11.9 Å². The van der Waals surface area contributed by atoms with Gasteiger partial charge in [0.15, 0.2) is 5.82 Å². The molecule has 0 radical (unpaired) electrons. The van der Waals surface area contributed by atoms with E-state index in [1.165, 1.54) is 0 Å². The number of nitrogens with one attached hydrogen (secondary N) is 3. The van der Waals surface area contributed by atoms with Crippen molar-refractivity contribution in [3.8, 4) is 11.4 Å². The summed E-state index contributed by atoms with van der Waals surface area (Å²) in [7, 11) is 0. The van der Waals surface area contributed by atoms with Gasteiger partial charge in [0.2, 0.25) is 5.82 Å². The van der Waals surface area contributed by atoms with Gasteiger partial charge >= 0.3 is 0 Å². The zero-order chi connectivity index (χ0) is 22.5. The average molecular weight is 436 g/mol. The van der Waals surface area contributed by atoms with E-state index in [1.54, 1.807) is 6.20 Å². The molecule has 3 aromatic rings. The van der Waals surface area contributed by atoms with Crippen LogP contribution in [0.3, 0.4) is 0 Å². The zero-order valence-electron chi connectivity index (χ0n) is 18.4. The minimum absolute atomic E-state index is 0.140. The lowest BCUT2D eigenvalue weighted by Crippen LogP contribution is -2.34. The number of ether oxygens (including phenoxy) is 1. The molecule has 0 spiro atoms. The molecule has 5 N–H and O–H groups in total. The summed E-state index contributed by atoms with van der Waals surface area (Å²) in [6, 6.07) is 9.85. The van der Waals surface area contributed by atoms with Crippen LogP contribution >= 0.6 is 0 Å². The van der Waals surface area contributed by atoms with Gasteiger partial charge < -0.3 is 21.1 Å². The van der Waals surface area contributed by atoms with E-state index in [-0.39, 0.29) is 24.3 Å². The Bertz CT molecular complexity index is 1080. The van der Waals surface area contributed by atoms with E-state index in [2.05, 4.69) is 30.8 Å². The Morgan fingerprint density at radius 2 is 2.09 bits per heavy atom. The van der Waals surface area contributed by atoms with Gasteiger partial charge in [0, 0.05) is 37.6 Å². The van der Waals surface area contributed by atoms with Crippen molar-refractivity contribution >= 4 is 11.7 Å². The molecule has 0 aliphatic carbocycles. The predicted octanol–water partition coefficient (Wildman–Crippen LogP) is 2.50. The van der Waals surface area contributed by atoms with Crippen LogP contribution in [0.2, 0.25) is 0 Å². The predicted molar refractivity (Wildman–Crippen MR) is 122 cm³/mol. The molecule has 1 aliphatic rings. The van der Waals surface area contributed by atoms with Crippen LogP contribution in [0.15, 0.2) is 36.5 Å². The highest BCUT2D eigenvalue weighted by atomic mass is 16.5. The molecule has 168 valence electrons. The van der Waals surface area contributed by atoms with Crippen LogP contribution in [0.4, 0.5) is 5.82 Å². The third-order valence-corrected chi connectivity index (χ3v) is 5.60. The molecule has 0 bridgehead atoms. The second kappa shape index (κ2) is 9.88. The second-order valence-corrected chi connectivity index (χ2v) is 8.10. The number of aromatic amines is 1. The van der Waals surface area contributed by atoms with Gasteiger partial charge in [-0.05, 0) is 43.9 Å². The van der Waals surface area contributed by atoms with E-state index in [4.69, 9.17) is 10.5 Å². The lowest BCUT2D eigenvalue weighted by Gasteiger charge is -2.23. The summed E-state index contributed by atoms with van der Waals surface area (Å²) in [6.07, 6.45) is 3.67. The monoisotopic (exact) mass is 435 g/mol. The number of pyridine rings is 1. The Hall–Kier alpha value is -3.30. The summed E-state index contributed by atoms with van der Waals surface area (Å²) >= 11 is 0. The first-order valence-electron chi connectivity index (χ1n) is 10.8. The van der Waals surface area contributed by atoms with Crippen LogP contribution in [0.1, 0.15) is 46.2 Å². The summed E-state index contributed by atoms with van der Waals surface area (Å²) in [4.78, 5) is 21.7. The minimum Gasteiger partial charge on any atom is -0.381 e. The number of nitrogens with zero attached hydrogens (tertiary/aromatic N) is 3. The van der Waals surface area contributed by atoms with Crippen LogP contribution in [-0.2, 0) is 4.74 Å². The highest BCUT2D eigenvalue weighted by Crippen LogP contribution is 2.23. The second-order valence-electron chi connectivity index (χ2n) is 8.10. The van der Waals surface area contributed by atoms with E-state index in [1.807, 2.05) is 44.2 Å². The Kier molecular flexibility index (Phi) is 6.77. The molecule has 1 aliphatic heterocycles. The first-order valence-corrected chi connectivity index (χ1v) is 10.8. The molecule has 9 heteroatoms. The average Bonchev–Trinajstić information content (AvgIpc) is 3.29. The van der Waals surface area contributed by atoms with Gasteiger partial charge in [-0.2, -0.15) is 5.10 Å². The van der Waals surface area contributed by atoms with Crippen molar-refractivity contribution in [1.29, 1.82) is 0 Å². The molecule has 1 amide bonds. The van der Waals surface area contributed by atoms with Gasteiger partial charge in [0.1, 0.15) is 5.82 Å². The number of H-pyrrole nitrogens is 1. The van der Waals surface area contributed by atoms with Crippen LogP contribution in [0.5, 0.6) is 0 Å². The molecule has 9 nitrogen and oxygen atoms in total. The van der Waals surface area contributed by atoms with Crippen molar-refractivity contribution in [1.82, 2.24) is 25.5 Å². The van der Waals surface area contributed by atoms with Gasteiger partial charge in [-0.3, -0.25) is 9.89 Å². The number of hydrogen-bond donors (Lipinski definition) is 4. The van der Waals surface area contributed by atoms with Crippen LogP contribution in [0.25, 0.3) is 11.4 Å². The Labute approximate surface area is 187 Å². The number of aryl methyl sites for hydroxylation is 2. The molecule has 1 atom stereocenters. The summed E-state index contributed by atoms with van der Waals surface area (Å²) in [5.74, 6) is 0.995. The molecule has 32 heavy (non-hydrogen) atoms. The van der Waals surface area contributed by atoms with Gasteiger partial charge in [0.05, 0.1) is 6.04 Å². The summed E-state index contributed by atoms with van der Waals surface area (Å²) < 4.78 is 5.41. The van der Waals surface area contributed by atoms with Crippen molar-refractivity contribution in [2.24, 2.45) is 5.73 Å². The van der Waals surface area contributed by atoms with Crippen molar-refractivity contribution in [3.05, 3.63) is 59.0 Å². The summed E-state index contributed by atoms with van der Waals surface area (Å²) in [5.41, 5.74) is 9.71. The highest BCUT2D eigenvalue weighted by Gasteiger charge is 2.20. The Morgan fingerprint density at radius 1 is 1.28 bits per heavy atom. The molecular weight excluding hydrogens is 406 g/mol. The van der Waals surface area contributed by atoms with Gasteiger partial charge in [0.25, 0.3) is 5.91 Å².